The van der Waals surface area contributed by atoms with E-state index in [1.54, 1.807) is 11.8 Å². The van der Waals surface area contributed by atoms with E-state index in [0.717, 1.165) is 0 Å². The van der Waals surface area contributed by atoms with Crippen molar-refractivity contribution in [2.75, 3.05) is 23.9 Å². The van der Waals surface area contributed by atoms with E-state index in [9.17, 15) is 5.11 Å². The van der Waals surface area contributed by atoms with Gasteiger partial charge in [-0.1, -0.05) is 0 Å². The molecule has 0 fully saturated rings. The Morgan fingerprint density at radius 3 is 2.85 bits per heavy atom. The van der Waals surface area contributed by atoms with Gasteiger partial charge in [-0.2, -0.15) is 36.5 Å². The molecule has 9 nitrogen and oxygen atoms in total. The predicted molar refractivity (Wildman–Crippen MR) is 76.6 cm³/mol. The Balaban J connectivity index is 2.20. The largest absolute Gasteiger partial charge is 0.395 e. The molecule has 0 amide bonds. The SMILES string of the molecule is CSC(CO)C(C)Nc1nc(N)nc(-n2cncn2)n1. The molecule has 0 saturated heterocycles. The van der Waals surface area contributed by atoms with Gasteiger partial charge in [0.15, 0.2) is 0 Å². The highest BCUT2D eigenvalue weighted by molar-refractivity contribution is 7.99. The van der Waals surface area contributed by atoms with Gasteiger partial charge in [-0.15, -0.1) is 0 Å². The van der Waals surface area contributed by atoms with Crippen LogP contribution in [0.25, 0.3) is 5.95 Å². The van der Waals surface area contributed by atoms with Crippen LogP contribution >= 0.6 is 11.8 Å². The van der Waals surface area contributed by atoms with Crippen molar-refractivity contribution in [2.24, 2.45) is 0 Å². The Labute approximate surface area is 120 Å². The zero-order valence-electron chi connectivity index (χ0n) is 11.1. The average Bonchev–Trinajstić information content (AvgIpc) is 2.93. The molecule has 2 heterocycles. The highest BCUT2D eigenvalue weighted by atomic mass is 32.2. The van der Waals surface area contributed by atoms with Crippen LogP contribution in [0.1, 0.15) is 6.92 Å². The van der Waals surface area contributed by atoms with Crippen LogP contribution in [0, 0.1) is 0 Å². The fraction of sp³-hybridized carbons (Fsp3) is 0.500. The van der Waals surface area contributed by atoms with Gasteiger partial charge in [0.1, 0.15) is 12.7 Å². The quantitative estimate of drug-likeness (QED) is 0.649. The van der Waals surface area contributed by atoms with Crippen molar-refractivity contribution >= 4 is 23.7 Å². The minimum Gasteiger partial charge on any atom is -0.395 e. The van der Waals surface area contributed by atoms with Crippen LogP contribution in [0.15, 0.2) is 12.7 Å². The lowest BCUT2D eigenvalue weighted by atomic mass is 10.2. The van der Waals surface area contributed by atoms with E-state index in [-0.39, 0.29) is 29.8 Å². The summed E-state index contributed by atoms with van der Waals surface area (Å²) >= 11 is 1.56. The molecule has 10 heteroatoms. The van der Waals surface area contributed by atoms with Gasteiger partial charge in [-0.3, -0.25) is 0 Å². The first-order valence-electron chi connectivity index (χ1n) is 5.90. The topological polar surface area (TPSA) is 128 Å². The maximum Gasteiger partial charge on any atom is 0.258 e. The average molecular weight is 296 g/mol. The van der Waals surface area contributed by atoms with Gasteiger partial charge in [0.2, 0.25) is 11.9 Å². The van der Waals surface area contributed by atoms with E-state index in [2.05, 4.69) is 30.4 Å². The highest BCUT2D eigenvalue weighted by Crippen LogP contribution is 2.14. The zero-order chi connectivity index (χ0) is 14.5. The predicted octanol–water partition coefficient (Wildman–Crippen LogP) is -0.441. The molecular formula is C10H16N8OS. The van der Waals surface area contributed by atoms with Gasteiger partial charge in [-0.05, 0) is 13.2 Å². The number of aromatic nitrogens is 6. The second kappa shape index (κ2) is 6.48. The Morgan fingerprint density at radius 2 is 2.25 bits per heavy atom. The molecular weight excluding hydrogens is 280 g/mol. The number of aliphatic hydroxyl groups excluding tert-OH is 1. The Bertz CT molecular complexity index is 544. The highest BCUT2D eigenvalue weighted by Gasteiger charge is 2.17. The zero-order valence-corrected chi connectivity index (χ0v) is 11.9. The third-order valence-corrected chi connectivity index (χ3v) is 3.82. The van der Waals surface area contributed by atoms with Crippen LogP contribution in [0.5, 0.6) is 0 Å². The van der Waals surface area contributed by atoms with Gasteiger partial charge >= 0.3 is 0 Å². The number of aliphatic hydroxyl groups is 1. The summed E-state index contributed by atoms with van der Waals surface area (Å²) in [5, 5.41) is 16.3. The molecule has 108 valence electrons. The third kappa shape index (κ3) is 3.33. The molecule has 2 rings (SSSR count). The second-order valence-corrected chi connectivity index (χ2v) is 5.12. The molecule has 2 atom stereocenters. The van der Waals surface area contributed by atoms with Crippen molar-refractivity contribution in [2.45, 2.75) is 18.2 Å². The number of hydrogen-bond acceptors (Lipinski definition) is 9. The Morgan fingerprint density at radius 1 is 1.45 bits per heavy atom. The summed E-state index contributed by atoms with van der Waals surface area (Å²) < 4.78 is 1.39. The van der Waals surface area contributed by atoms with E-state index in [4.69, 9.17) is 5.73 Å². The van der Waals surface area contributed by atoms with Crippen LogP contribution in [-0.4, -0.2) is 59.0 Å². The minimum absolute atomic E-state index is 0.0274. The molecule has 2 aromatic heterocycles. The third-order valence-electron chi connectivity index (χ3n) is 2.66. The van der Waals surface area contributed by atoms with Crippen molar-refractivity contribution in [3.8, 4) is 5.95 Å². The lowest BCUT2D eigenvalue weighted by Gasteiger charge is -2.21. The molecule has 2 aromatic rings. The molecule has 0 spiro atoms. The summed E-state index contributed by atoms with van der Waals surface area (Å²) in [6.45, 7) is 2.00. The molecule has 0 aliphatic heterocycles. The number of anilines is 2. The van der Waals surface area contributed by atoms with E-state index in [1.165, 1.54) is 17.3 Å². The standard InChI is InChI=1S/C10H16N8OS/c1-6(7(3-19)20-2)14-9-15-8(11)16-10(17-9)18-5-12-4-13-18/h4-7,19H,3H2,1-2H3,(H3,11,14,15,16,17). The number of hydrogen-bond donors (Lipinski definition) is 3. The summed E-state index contributed by atoms with van der Waals surface area (Å²) in [4.78, 5) is 16.1. The van der Waals surface area contributed by atoms with Gasteiger partial charge in [0.05, 0.1) is 6.61 Å². The maximum absolute atomic E-state index is 9.27. The molecule has 4 N–H and O–H groups in total. The van der Waals surface area contributed by atoms with E-state index in [1.807, 2.05) is 13.2 Å². The number of nitrogens with one attached hydrogen (secondary N) is 1. The molecule has 0 aliphatic carbocycles. The van der Waals surface area contributed by atoms with Crippen molar-refractivity contribution in [1.82, 2.24) is 29.7 Å². The van der Waals surface area contributed by atoms with Crippen LogP contribution in [0.4, 0.5) is 11.9 Å². The monoisotopic (exact) mass is 296 g/mol. The summed E-state index contributed by atoms with van der Waals surface area (Å²) in [6, 6.07) is -0.0274. The number of thioether (sulfide) groups is 1. The van der Waals surface area contributed by atoms with Crippen molar-refractivity contribution < 1.29 is 5.11 Å². The van der Waals surface area contributed by atoms with Crippen LogP contribution < -0.4 is 11.1 Å². The smallest absolute Gasteiger partial charge is 0.258 e. The normalized spacial score (nSPS) is 13.9. The first-order valence-corrected chi connectivity index (χ1v) is 7.19. The minimum atomic E-state index is -0.0274. The number of nitrogens with two attached hydrogens (primary N) is 1. The van der Waals surface area contributed by atoms with Crippen LogP contribution in [0.3, 0.4) is 0 Å². The molecule has 20 heavy (non-hydrogen) atoms. The fourth-order valence-corrected chi connectivity index (χ4v) is 2.22. The number of nitrogens with zero attached hydrogens (tertiary/aromatic N) is 6. The summed E-state index contributed by atoms with van der Waals surface area (Å²) in [5.41, 5.74) is 5.66. The lowest BCUT2D eigenvalue weighted by Crippen LogP contribution is -2.32. The Kier molecular flexibility index (Phi) is 4.69. The molecule has 0 saturated carbocycles. The van der Waals surface area contributed by atoms with Gasteiger partial charge in [0.25, 0.3) is 5.95 Å². The van der Waals surface area contributed by atoms with Crippen molar-refractivity contribution in [1.29, 1.82) is 0 Å². The van der Waals surface area contributed by atoms with Gasteiger partial charge in [-0.25, -0.2) is 4.98 Å². The molecule has 0 bridgehead atoms. The number of rotatable bonds is 6. The summed E-state index contributed by atoms with van der Waals surface area (Å²) in [7, 11) is 0. The second-order valence-electron chi connectivity index (χ2n) is 4.05. The molecule has 0 radical (unpaired) electrons. The van der Waals surface area contributed by atoms with E-state index < -0.39 is 0 Å². The summed E-state index contributed by atoms with van der Waals surface area (Å²) in [5.74, 6) is 0.710. The van der Waals surface area contributed by atoms with Crippen molar-refractivity contribution in [3.63, 3.8) is 0 Å². The van der Waals surface area contributed by atoms with Crippen molar-refractivity contribution in [3.05, 3.63) is 12.7 Å². The Hall–Kier alpha value is -1.94. The van der Waals surface area contributed by atoms with Crippen LogP contribution in [0.2, 0.25) is 0 Å². The van der Waals surface area contributed by atoms with Gasteiger partial charge < -0.3 is 16.2 Å². The first-order chi connectivity index (χ1) is 9.63. The molecule has 0 aliphatic rings. The fourth-order valence-electron chi connectivity index (χ4n) is 1.59. The maximum atomic E-state index is 9.27. The molecule has 0 aromatic carbocycles. The summed E-state index contributed by atoms with van der Waals surface area (Å²) in [6.07, 6.45) is 4.79. The van der Waals surface area contributed by atoms with E-state index in [0.29, 0.717) is 5.95 Å². The van der Waals surface area contributed by atoms with Gasteiger partial charge in [0, 0.05) is 11.3 Å². The van der Waals surface area contributed by atoms with E-state index >= 15 is 0 Å². The number of nitrogen functional groups attached to an aromatic ring is 1. The van der Waals surface area contributed by atoms with Crippen LogP contribution in [-0.2, 0) is 0 Å². The first kappa shape index (κ1) is 14.5. The molecule has 2 unspecified atom stereocenters. The lowest BCUT2D eigenvalue weighted by molar-refractivity contribution is 0.288.